The predicted octanol–water partition coefficient (Wildman–Crippen LogP) is 4.62. The maximum Gasteiger partial charge on any atom is 0.416 e. The maximum atomic E-state index is 12.8. The summed E-state index contributed by atoms with van der Waals surface area (Å²) in [5, 5.41) is 11.6. The highest BCUT2D eigenvalue weighted by atomic mass is 19.4. The minimum atomic E-state index is -4.95. The van der Waals surface area contributed by atoms with Crippen LogP contribution in [0, 0.1) is 0 Å². The monoisotopic (exact) mass is 378 g/mol. The molecule has 0 bridgehead atoms. The van der Waals surface area contributed by atoms with E-state index in [4.69, 9.17) is 10.8 Å². The summed E-state index contributed by atoms with van der Waals surface area (Å²) in [4.78, 5) is 11.2. The molecule has 2 rings (SSSR count). The molecule has 4 N–H and O–H groups in total. The lowest BCUT2D eigenvalue weighted by atomic mass is 10.0. The number of aromatic carboxylic acids is 1. The van der Waals surface area contributed by atoms with E-state index in [1.165, 1.54) is 12.1 Å². The lowest BCUT2D eigenvalue weighted by molar-refractivity contribution is -0.143. The number of carbonyl (C=O) groups is 1. The Balaban J connectivity index is 2.37. The highest BCUT2D eigenvalue weighted by Gasteiger charge is 2.36. The van der Waals surface area contributed by atoms with Gasteiger partial charge in [-0.2, -0.15) is 26.3 Å². The van der Waals surface area contributed by atoms with Crippen LogP contribution in [0.2, 0.25) is 0 Å². The van der Waals surface area contributed by atoms with Gasteiger partial charge in [0.05, 0.1) is 16.7 Å². The van der Waals surface area contributed by atoms with Gasteiger partial charge in [-0.3, -0.25) is 0 Å². The average molecular weight is 378 g/mol. The Hall–Kier alpha value is -2.91. The van der Waals surface area contributed by atoms with Gasteiger partial charge in [-0.1, -0.05) is 0 Å². The molecule has 140 valence electrons. The van der Waals surface area contributed by atoms with E-state index in [9.17, 15) is 31.1 Å². The number of nitrogens with two attached hydrogens (primary N) is 1. The summed E-state index contributed by atoms with van der Waals surface area (Å²) < 4.78 is 77.0. The van der Waals surface area contributed by atoms with E-state index in [0.717, 1.165) is 6.07 Å². The van der Waals surface area contributed by atoms with Crippen molar-refractivity contribution in [1.29, 1.82) is 0 Å². The van der Waals surface area contributed by atoms with Gasteiger partial charge in [0.25, 0.3) is 0 Å². The molecule has 0 unspecified atom stereocenters. The van der Waals surface area contributed by atoms with Crippen molar-refractivity contribution in [3.8, 4) is 0 Å². The Morgan fingerprint density at radius 1 is 0.962 bits per heavy atom. The quantitative estimate of drug-likeness (QED) is 0.536. The van der Waals surface area contributed by atoms with Crippen LogP contribution in [0.4, 0.5) is 37.7 Å². The molecule has 0 fully saturated rings. The molecule has 0 radical (unpaired) electrons. The highest BCUT2D eigenvalue weighted by Crippen LogP contribution is 2.36. The van der Waals surface area contributed by atoms with Gasteiger partial charge in [-0.05, 0) is 42.0 Å². The summed E-state index contributed by atoms with van der Waals surface area (Å²) in [7, 11) is 0. The van der Waals surface area contributed by atoms with Gasteiger partial charge in [0.1, 0.15) is 0 Å². The number of carboxylic acids is 1. The van der Waals surface area contributed by atoms with Crippen LogP contribution in [-0.4, -0.2) is 11.1 Å². The van der Waals surface area contributed by atoms with E-state index in [1.807, 2.05) is 0 Å². The number of nitrogens with one attached hydrogen (secondary N) is 1. The Kier molecular flexibility index (Phi) is 5.06. The first kappa shape index (κ1) is 19.4. The Morgan fingerprint density at radius 2 is 1.50 bits per heavy atom. The molecule has 0 aliphatic carbocycles. The fourth-order valence-corrected chi connectivity index (χ4v) is 2.21. The van der Waals surface area contributed by atoms with Crippen LogP contribution in [-0.2, 0) is 18.9 Å². The van der Waals surface area contributed by atoms with E-state index >= 15 is 0 Å². The van der Waals surface area contributed by atoms with Crippen molar-refractivity contribution in [2.75, 3.05) is 11.1 Å². The molecular weight excluding hydrogens is 366 g/mol. The number of alkyl halides is 6. The third kappa shape index (κ3) is 4.58. The number of hydrogen-bond donors (Lipinski definition) is 3. The minimum absolute atomic E-state index is 0.0117. The van der Waals surface area contributed by atoms with Crippen LogP contribution < -0.4 is 11.1 Å². The van der Waals surface area contributed by atoms with E-state index < -0.39 is 36.0 Å². The summed E-state index contributed by atoms with van der Waals surface area (Å²) >= 11 is 0. The van der Waals surface area contributed by atoms with Gasteiger partial charge in [0.2, 0.25) is 0 Å². The standard InChI is InChI=1S/C16H12F6N2O2/c17-15(18,19)9-3-8(4-10(5-9)16(20,21)22)7-24-13-2-1-11(23)6-12(13)14(25)26/h1-6,24H,7,23H2,(H,25,26). The van der Waals surface area contributed by atoms with E-state index in [2.05, 4.69) is 5.32 Å². The topological polar surface area (TPSA) is 75.3 Å². The first-order valence-corrected chi connectivity index (χ1v) is 7.03. The lowest BCUT2D eigenvalue weighted by Crippen LogP contribution is -2.13. The molecule has 10 heteroatoms. The highest BCUT2D eigenvalue weighted by molar-refractivity contribution is 5.95. The van der Waals surface area contributed by atoms with Crippen molar-refractivity contribution >= 4 is 17.3 Å². The molecule has 0 atom stereocenters. The smallest absolute Gasteiger partial charge is 0.416 e. The van der Waals surface area contributed by atoms with Gasteiger partial charge in [-0.25, -0.2) is 4.79 Å². The van der Waals surface area contributed by atoms with Crippen LogP contribution in [0.5, 0.6) is 0 Å². The zero-order valence-corrected chi connectivity index (χ0v) is 12.9. The van der Waals surface area contributed by atoms with Crippen molar-refractivity contribution in [2.45, 2.75) is 18.9 Å². The minimum Gasteiger partial charge on any atom is -0.478 e. The molecule has 4 nitrogen and oxygen atoms in total. The van der Waals surface area contributed by atoms with E-state index in [-0.39, 0.29) is 28.6 Å². The van der Waals surface area contributed by atoms with E-state index in [0.29, 0.717) is 12.1 Å². The predicted molar refractivity (Wildman–Crippen MR) is 81.6 cm³/mol. The second-order valence-corrected chi connectivity index (χ2v) is 5.38. The molecule has 0 saturated carbocycles. The van der Waals surface area contributed by atoms with Crippen molar-refractivity contribution < 1.29 is 36.2 Å². The summed E-state index contributed by atoms with van der Waals surface area (Å²) in [6.07, 6.45) is -9.91. The SMILES string of the molecule is Nc1ccc(NCc2cc(C(F)(F)F)cc(C(F)(F)F)c2)c(C(=O)O)c1. The fourth-order valence-electron chi connectivity index (χ4n) is 2.21. The van der Waals surface area contributed by atoms with Crippen LogP contribution in [0.15, 0.2) is 36.4 Å². The Morgan fingerprint density at radius 3 is 1.96 bits per heavy atom. The number of benzene rings is 2. The first-order valence-electron chi connectivity index (χ1n) is 7.03. The lowest BCUT2D eigenvalue weighted by Gasteiger charge is -2.15. The third-order valence-electron chi connectivity index (χ3n) is 3.40. The number of hydrogen-bond acceptors (Lipinski definition) is 3. The molecule has 0 aromatic heterocycles. The van der Waals surface area contributed by atoms with Gasteiger partial charge in [0.15, 0.2) is 0 Å². The molecular formula is C16H12F6N2O2. The number of halogens is 6. The van der Waals surface area contributed by atoms with Crippen LogP contribution in [0.1, 0.15) is 27.0 Å². The van der Waals surface area contributed by atoms with E-state index in [1.54, 1.807) is 0 Å². The normalized spacial score (nSPS) is 12.1. The van der Waals surface area contributed by atoms with Gasteiger partial charge < -0.3 is 16.2 Å². The molecule has 26 heavy (non-hydrogen) atoms. The van der Waals surface area contributed by atoms with Crippen LogP contribution in [0.3, 0.4) is 0 Å². The summed E-state index contributed by atoms with van der Waals surface area (Å²) in [5.74, 6) is -1.35. The molecule has 0 aliphatic rings. The molecule has 2 aromatic carbocycles. The van der Waals surface area contributed by atoms with Crippen LogP contribution >= 0.6 is 0 Å². The van der Waals surface area contributed by atoms with Crippen molar-refractivity contribution in [3.63, 3.8) is 0 Å². The Bertz CT molecular complexity index is 798. The molecule has 0 spiro atoms. The second-order valence-electron chi connectivity index (χ2n) is 5.38. The zero-order chi connectivity index (χ0) is 19.7. The zero-order valence-electron chi connectivity index (χ0n) is 12.9. The maximum absolute atomic E-state index is 12.8. The molecule has 0 saturated heterocycles. The second kappa shape index (κ2) is 6.77. The van der Waals surface area contributed by atoms with Crippen LogP contribution in [0.25, 0.3) is 0 Å². The molecule has 0 aliphatic heterocycles. The summed E-state index contributed by atoms with van der Waals surface area (Å²) in [5.41, 5.74) is 2.17. The summed E-state index contributed by atoms with van der Waals surface area (Å²) in [6.45, 7) is -0.447. The Labute approximate surface area is 143 Å². The third-order valence-corrected chi connectivity index (χ3v) is 3.40. The largest absolute Gasteiger partial charge is 0.478 e. The van der Waals surface area contributed by atoms with Crippen molar-refractivity contribution in [2.24, 2.45) is 0 Å². The number of rotatable bonds is 4. The molecule has 0 heterocycles. The molecule has 2 aromatic rings. The van der Waals surface area contributed by atoms with Gasteiger partial charge >= 0.3 is 18.3 Å². The average Bonchev–Trinajstić information content (AvgIpc) is 2.51. The molecule has 0 amide bonds. The van der Waals surface area contributed by atoms with Gasteiger partial charge in [-0.15, -0.1) is 0 Å². The number of carboxylic acid groups (broad SMARTS) is 1. The van der Waals surface area contributed by atoms with Crippen molar-refractivity contribution in [1.82, 2.24) is 0 Å². The fraction of sp³-hybridized carbons (Fsp3) is 0.188. The first-order chi connectivity index (χ1) is 11.9. The number of nitrogen functional groups attached to an aromatic ring is 1. The number of anilines is 2. The van der Waals surface area contributed by atoms with Gasteiger partial charge in [0, 0.05) is 17.9 Å². The summed E-state index contributed by atoms with van der Waals surface area (Å²) in [6, 6.07) is 4.91. The van der Waals surface area contributed by atoms with Crippen molar-refractivity contribution in [3.05, 3.63) is 58.7 Å².